The molecule has 25 heavy (non-hydrogen) atoms. The normalized spacial score (nSPS) is 19.1. The van der Waals surface area contributed by atoms with Crippen LogP contribution in [0.5, 0.6) is 0 Å². The predicted octanol–water partition coefficient (Wildman–Crippen LogP) is 3.05. The molecular formula is C19H16O5S. The first-order valence-electron chi connectivity index (χ1n) is 7.80. The lowest BCUT2D eigenvalue weighted by molar-refractivity contribution is -0.141. The maximum atomic E-state index is 13.1. The Balaban J connectivity index is 2.21. The van der Waals surface area contributed by atoms with Crippen LogP contribution >= 0.6 is 0 Å². The number of hydrogen-bond donors (Lipinski definition) is 0. The van der Waals surface area contributed by atoms with E-state index in [0.29, 0.717) is 11.1 Å². The van der Waals surface area contributed by atoms with Crippen molar-refractivity contribution in [2.45, 2.75) is 18.6 Å². The number of carbonyl (C=O) groups is 2. The van der Waals surface area contributed by atoms with Crippen LogP contribution in [0.3, 0.4) is 0 Å². The zero-order valence-corrected chi connectivity index (χ0v) is 14.3. The van der Waals surface area contributed by atoms with Crippen molar-refractivity contribution < 1.29 is 22.7 Å². The number of benzene rings is 2. The molecule has 128 valence electrons. The summed E-state index contributed by atoms with van der Waals surface area (Å²) in [7, 11) is -4.03. The lowest BCUT2D eigenvalue weighted by Crippen LogP contribution is -2.17. The standard InChI is InChI=1S/C19H16O5S/c1-2-15(20)24-17-16(21)18(13-9-5-3-6-10-13)25(22,23)19(17)14-11-7-4-8-12-14/h3-12,18H,2H2,1H3. The van der Waals surface area contributed by atoms with E-state index < -0.39 is 32.6 Å². The number of hydrogen-bond acceptors (Lipinski definition) is 5. The highest BCUT2D eigenvalue weighted by Crippen LogP contribution is 2.44. The Morgan fingerprint density at radius 3 is 2.12 bits per heavy atom. The summed E-state index contributed by atoms with van der Waals surface area (Å²) in [6.07, 6.45) is 0.0366. The van der Waals surface area contributed by atoms with Crippen LogP contribution in [0, 0.1) is 0 Å². The average molecular weight is 356 g/mol. The van der Waals surface area contributed by atoms with Gasteiger partial charge in [0.2, 0.25) is 5.78 Å². The zero-order chi connectivity index (χ0) is 18.0. The summed E-state index contributed by atoms with van der Waals surface area (Å²) >= 11 is 0. The molecule has 1 aliphatic rings. The molecule has 0 saturated heterocycles. The quantitative estimate of drug-likeness (QED) is 0.787. The van der Waals surface area contributed by atoms with Gasteiger partial charge in [-0.1, -0.05) is 67.6 Å². The molecule has 0 fully saturated rings. The van der Waals surface area contributed by atoms with E-state index in [1.807, 2.05) is 0 Å². The monoisotopic (exact) mass is 356 g/mol. The maximum absolute atomic E-state index is 13.1. The number of sulfone groups is 1. The Morgan fingerprint density at radius 2 is 1.56 bits per heavy atom. The number of rotatable bonds is 4. The maximum Gasteiger partial charge on any atom is 0.311 e. The smallest absolute Gasteiger partial charge is 0.311 e. The largest absolute Gasteiger partial charge is 0.421 e. The second-order valence-electron chi connectivity index (χ2n) is 5.55. The summed E-state index contributed by atoms with van der Waals surface area (Å²) < 4.78 is 31.4. The van der Waals surface area contributed by atoms with Crippen molar-refractivity contribution in [1.82, 2.24) is 0 Å². The van der Waals surface area contributed by atoms with Crippen molar-refractivity contribution >= 4 is 26.5 Å². The molecule has 2 aromatic carbocycles. The van der Waals surface area contributed by atoms with Gasteiger partial charge in [-0.3, -0.25) is 9.59 Å². The third-order valence-corrected chi connectivity index (χ3v) is 6.00. The van der Waals surface area contributed by atoms with Crippen LogP contribution in [0.15, 0.2) is 66.4 Å². The van der Waals surface area contributed by atoms with Crippen LogP contribution < -0.4 is 0 Å². The molecule has 1 unspecified atom stereocenters. The molecule has 0 N–H and O–H groups in total. The molecule has 2 aromatic rings. The SMILES string of the molecule is CCC(=O)OC1=C(c2ccccc2)S(=O)(=O)C(c2ccccc2)C1=O. The van der Waals surface area contributed by atoms with E-state index in [0.717, 1.165) is 0 Å². The Hall–Kier alpha value is -2.73. The van der Waals surface area contributed by atoms with Crippen molar-refractivity contribution in [3.63, 3.8) is 0 Å². The van der Waals surface area contributed by atoms with Crippen LogP contribution in [-0.4, -0.2) is 20.2 Å². The summed E-state index contributed by atoms with van der Waals surface area (Å²) in [5.74, 6) is -1.76. The molecule has 1 aliphatic heterocycles. The van der Waals surface area contributed by atoms with E-state index in [4.69, 9.17) is 4.74 Å². The molecule has 0 aromatic heterocycles. The summed E-state index contributed by atoms with van der Waals surface area (Å²) in [5.41, 5.74) is 0.677. The second-order valence-corrected chi connectivity index (χ2v) is 7.52. The van der Waals surface area contributed by atoms with Crippen molar-refractivity contribution in [1.29, 1.82) is 0 Å². The van der Waals surface area contributed by atoms with Gasteiger partial charge in [-0.05, 0) is 11.1 Å². The van der Waals surface area contributed by atoms with Crippen molar-refractivity contribution in [3.8, 4) is 0 Å². The minimum absolute atomic E-state index is 0.0366. The molecule has 0 amide bonds. The van der Waals surface area contributed by atoms with Gasteiger partial charge in [-0.2, -0.15) is 0 Å². The lowest BCUT2D eigenvalue weighted by atomic mass is 10.1. The topological polar surface area (TPSA) is 77.5 Å². The third-order valence-electron chi connectivity index (χ3n) is 3.91. The van der Waals surface area contributed by atoms with Crippen molar-refractivity contribution in [3.05, 3.63) is 77.5 Å². The van der Waals surface area contributed by atoms with Gasteiger partial charge in [-0.25, -0.2) is 8.42 Å². The molecule has 0 bridgehead atoms. The van der Waals surface area contributed by atoms with E-state index in [1.54, 1.807) is 67.6 Å². The minimum atomic E-state index is -4.03. The summed E-state index contributed by atoms with van der Waals surface area (Å²) in [4.78, 5) is 24.4. The molecule has 1 atom stereocenters. The number of allylic oxidation sites excluding steroid dienone is 1. The van der Waals surface area contributed by atoms with Gasteiger partial charge in [0.25, 0.3) is 0 Å². The van der Waals surface area contributed by atoms with E-state index in [9.17, 15) is 18.0 Å². The van der Waals surface area contributed by atoms with Gasteiger partial charge in [0.05, 0.1) is 0 Å². The highest BCUT2D eigenvalue weighted by atomic mass is 32.2. The molecule has 6 heteroatoms. The average Bonchev–Trinajstić information content (AvgIpc) is 2.81. The first-order chi connectivity index (χ1) is 12.0. The van der Waals surface area contributed by atoms with E-state index in [1.165, 1.54) is 0 Å². The van der Waals surface area contributed by atoms with Gasteiger partial charge in [0.15, 0.2) is 20.8 Å². The summed E-state index contributed by atoms with van der Waals surface area (Å²) in [5, 5.41) is -1.40. The minimum Gasteiger partial charge on any atom is -0.421 e. The fourth-order valence-corrected chi connectivity index (χ4v) is 4.75. The van der Waals surface area contributed by atoms with Crippen LogP contribution in [0.25, 0.3) is 4.91 Å². The summed E-state index contributed by atoms with van der Waals surface area (Å²) in [6.45, 7) is 1.58. The Labute approximate surface area is 145 Å². The number of carbonyl (C=O) groups excluding carboxylic acids is 2. The van der Waals surface area contributed by atoms with Gasteiger partial charge in [-0.15, -0.1) is 0 Å². The number of ketones is 1. The van der Waals surface area contributed by atoms with Crippen molar-refractivity contribution in [2.24, 2.45) is 0 Å². The van der Waals surface area contributed by atoms with Gasteiger partial charge in [0, 0.05) is 6.42 Å². The van der Waals surface area contributed by atoms with E-state index in [2.05, 4.69) is 0 Å². The molecule has 0 aliphatic carbocycles. The number of Topliss-reactive ketones (excluding diaryl/α,β-unsaturated/α-hetero) is 1. The molecule has 1 heterocycles. The third kappa shape index (κ3) is 3.00. The highest BCUT2D eigenvalue weighted by Gasteiger charge is 2.49. The Morgan fingerprint density at radius 1 is 1.00 bits per heavy atom. The fraction of sp³-hybridized carbons (Fsp3) is 0.158. The molecule has 3 rings (SSSR count). The Kier molecular flexibility index (Phi) is 4.55. The first-order valence-corrected chi connectivity index (χ1v) is 9.35. The predicted molar refractivity (Wildman–Crippen MR) is 92.9 cm³/mol. The molecule has 0 saturated carbocycles. The van der Waals surface area contributed by atoms with E-state index in [-0.39, 0.29) is 11.3 Å². The second kappa shape index (κ2) is 6.64. The summed E-state index contributed by atoms with van der Waals surface area (Å²) in [6, 6.07) is 16.4. The van der Waals surface area contributed by atoms with Crippen LogP contribution in [-0.2, 0) is 24.2 Å². The van der Waals surface area contributed by atoms with Crippen LogP contribution in [0.4, 0.5) is 0 Å². The number of esters is 1. The first kappa shape index (κ1) is 17.1. The van der Waals surface area contributed by atoms with Crippen LogP contribution in [0.2, 0.25) is 0 Å². The zero-order valence-electron chi connectivity index (χ0n) is 13.5. The lowest BCUT2D eigenvalue weighted by Gasteiger charge is -2.10. The van der Waals surface area contributed by atoms with Gasteiger partial charge in [0.1, 0.15) is 4.91 Å². The fourth-order valence-electron chi connectivity index (χ4n) is 2.74. The number of ether oxygens (including phenoxy) is 1. The molecular weight excluding hydrogens is 340 g/mol. The van der Waals surface area contributed by atoms with Gasteiger partial charge < -0.3 is 4.74 Å². The van der Waals surface area contributed by atoms with Crippen LogP contribution in [0.1, 0.15) is 29.7 Å². The molecule has 0 radical (unpaired) electrons. The van der Waals surface area contributed by atoms with Gasteiger partial charge >= 0.3 is 5.97 Å². The molecule has 5 nitrogen and oxygen atoms in total. The molecule has 0 spiro atoms. The Bertz CT molecular complexity index is 944. The van der Waals surface area contributed by atoms with Crippen molar-refractivity contribution in [2.75, 3.05) is 0 Å². The van der Waals surface area contributed by atoms with E-state index >= 15 is 0 Å². The highest BCUT2D eigenvalue weighted by molar-refractivity contribution is 8.02.